The van der Waals surface area contributed by atoms with Gasteiger partial charge in [-0.25, -0.2) is 8.42 Å². The molecular weight excluding hydrogens is 396 g/mol. The molecule has 162 valence electrons. The summed E-state index contributed by atoms with van der Waals surface area (Å²) in [6.45, 7) is 6.82. The molecule has 1 saturated carbocycles. The average Bonchev–Trinajstić information content (AvgIpc) is 2.68. The normalized spacial score (nSPS) is 20.0. The second kappa shape index (κ2) is 10.2. The summed E-state index contributed by atoms with van der Waals surface area (Å²) in [5.41, 5.74) is -0.142. The van der Waals surface area contributed by atoms with Crippen LogP contribution in [0.5, 0.6) is 0 Å². The number of sulfonamides is 1. The summed E-state index contributed by atoms with van der Waals surface area (Å²) in [6.07, 6.45) is 2.95. The van der Waals surface area contributed by atoms with Crippen molar-refractivity contribution in [1.82, 2.24) is 4.31 Å². The zero-order chi connectivity index (χ0) is 21.6. The fourth-order valence-electron chi connectivity index (χ4n) is 3.70. The minimum Gasteiger partial charge on any atom is -0.466 e. The average molecular weight is 427 g/mol. The third-order valence-corrected chi connectivity index (χ3v) is 7.03. The van der Waals surface area contributed by atoms with Gasteiger partial charge in [0, 0.05) is 25.2 Å². The lowest BCUT2D eigenvalue weighted by Gasteiger charge is -2.32. The van der Waals surface area contributed by atoms with Gasteiger partial charge in [-0.2, -0.15) is 4.31 Å². The molecule has 1 aliphatic rings. The van der Waals surface area contributed by atoms with Gasteiger partial charge >= 0.3 is 5.97 Å². The number of benzene rings is 1. The van der Waals surface area contributed by atoms with Gasteiger partial charge in [0.05, 0.1) is 22.3 Å². The highest BCUT2D eigenvalue weighted by atomic mass is 32.2. The zero-order valence-electron chi connectivity index (χ0n) is 17.2. The van der Waals surface area contributed by atoms with Gasteiger partial charge in [0.1, 0.15) is 0 Å². The van der Waals surface area contributed by atoms with Gasteiger partial charge in [-0.1, -0.05) is 13.8 Å². The number of hydrogen-bond acceptors (Lipinski definition) is 6. The summed E-state index contributed by atoms with van der Waals surface area (Å²) in [4.78, 5) is 22.3. The van der Waals surface area contributed by atoms with E-state index in [0.717, 1.165) is 12.8 Å². The highest BCUT2D eigenvalue weighted by Gasteiger charge is 2.32. The molecule has 0 radical (unpaired) electrons. The molecule has 29 heavy (non-hydrogen) atoms. The summed E-state index contributed by atoms with van der Waals surface area (Å²) < 4.78 is 32.9. The molecule has 1 aliphatic carbocycles. The van der Waals surface area contributed by atoms with Gasteiger partial charge in [0.25, 0.3) is 5.69 Å². The molecule has 0 aliphatic heterocycles. The molecule has 1 fully saturated rings. The van der Waals surface area contributed by atoms with Crippen LogP contribution in [0.4, 0.5) is 5.69 Å². The summed E-state index contributed by atoms with van der Waals surface area (Å²) in [5, 5.41) is 10.8. The van der Waals surface area contributed by atoms with Crippen LogP contribution in [0.25, 0.3) is 0 Å². The van der Waals surface area contributed by atoms with Crippen LogP contribution in [-0.4, -0.2) is 43.3 Å². The van der Waals surface area contributed by atoms with Crippen molar-refractivity contribution in [2.24, 2.45) is 17.8 Å². The summed E-state index contributed by atoms with van der Waals surface area (Å²) in [6, 6.07) is 5.01. The molecule has 2 rings (SSSR count). The van der Waals surface area contributed by atoms with Crippen LogP contribution in [-0.2, 0) is 19.6 Å². The molecule has 0 heterocycles. The minimum atomic E-state index is -3.76. The lowest BCUT2D eigenvalue weighted by atomic mass is 9.82. The van der Waals surface area contributed by atoms with Crippen molar-refractivity contribution in [2.75, 3.05) is 19.7 Å². The Hall–Kier alpha value is -2.00. The maximum absolute atomic E-state index is 13.2. The van der Waals surface area contributed by atoms with Crippen LogP contribution in [0.1, 0.15) is 46.5 Å². The molecule has 1 aromatic carbocycles. The molecule has 0 amide bonds. The summed E-state index contributed by atoms with van der Waals surface area (Å²) in [7, 11) is -3.76. The maximum Gasteiger partial charge on any atom is 0.308 e. The Morgan fingerprint density at radius 3 is 2.28 bits per heavy atom. The molecule has 0 aromatic heterocycles. The van der Waals surface area contributed by atoms with E-state index in [4.69, 9.17) is 4.74 Å². The first-order chi connectivity index (χ1) is 13.6. The molecule has 0 saturated heterocycles. The van der Waals surface area contributed by atoms with Crippen molar-refractivity contribution < 1.29 is 22.9 Å². The predicted octanol–water partition coefficient (Wildman–Crippen LogP) is 3.61. The second-order valence-electron chi connectivity index (χ2n) is 7.94. The molecule has 0 spiro atoms. The Bertz CT molecular complexity index is 799. The Kier molecular flexibility index (Phi) is 8.15. The molecule has 0 atom stereocenters. The molecule has 0 N–H and O–H groups in total. The number of carbonyl (C=O) groups excluding carboxylic acids is 1. The van der Waals surface area contributed by atoms with Gasteiger partial charge in [-0.3, -0.25) is 14.9 Å². The number of non-ortho nitro benzene ring substituents is 1. The van der Waals surface area contributed by atoms with Crippen molar-refractivity contribution in [1.29, 1.82) is 0 Å². The van der Waals surface area contributed by atoms with E-state index in [0.29, 0.717) is 32.5 Å². The number of hydrogen-bond donors (Lipinski definition) is 0. The number of nitro benzene ring substituents is 1. The first-order valence-electron chi connectivity index (χ1n) is 10.1. The third-order valence-electron chi connectivity index (χ3n) is 5.18. The van der Waals surface area contributed by atoms with Gasteiger partial charge in [0.15, 0.2) is 0 Å². The number of nitro groups is 1. The molecule has 1 aromatic rings. The Morgan fingerprint density at radius 2 is 1.79 bits per heavy atom. The first-order valence-corrected chi connectivity index (χ1v) is 11.5. The zero-order valence-corrected chi connectivity index (χ0v) is 18.1. The van der Waals surface area contributed by atoms with Crippen LogP contribution >= 0.6 is 0 Å². The van der Waals surface area contributed by atoms with E-state index in [2.05, 4.69) is 0 Å². The molecular formula is C20H30N2O6S. The van der Waals surface area contributed by atoms with E-state index in [1.54, 1.807) is 6.92 Å². The Morgan fingerprint density at radius 1 is 1.21 bits per heavy atom. The number of ether oxygens (including phenoxy) is 1. The third kappa shape index (κ3) is 6.24. The molecule has 0 unspecified atom stereocenters. The standard InChI is InChI=1S/C20H30N2O6S/c1-4-28-20(23)17-7-5-16(6-8-17)14-21(13-15(2)3)29(26,27)19-11-9-18(10-12-19)22(24)25/h9-12,15-17H,4-8,13-14H2,1-3H3. The fourth-order valence-corrected chi connectivity index (χ4v) is 5.38. The number of rotatable bonds is 9. The van der Waals surface area contributed by atoms with E-state index < -0.39 is 14.9 Å². The smallest absolute Gasteiger partial charge is 0.308 e. The van der Waals surface area contributed by atoms with Gasteiger partial charge in [-0.05, 0) is 56.6 Å². The minimum absolute atomic E-state index is 0.0592. The summed E-state index contributed by atoms with van der Waals surface area (Å²) >= 11 is 0. The van der Waals surface area contributed by atoms with Crippen molar-refractivity contribution >= 4 is 21.7 Å². The quantitative estimate of drug-likeness (QED) is 0.339. The molecule has 9 heteroatoms. The molecule has 0 bridgehead atoms. The fraction of sp³-hybridized carbons (Fsp3) is 0.650. The largest absolute Gasteiger partial charge is 0.466 e. The number of carbonyl (C=O) groups is 1. The highest BCUT2D eigenvalue weighted by Crippen LogP contribution is 2.32. The summed E-state index contributed by atoms with van der Waals surface area (Å²) in [5.74, 6) is 0.0467. The number of esters is 1. The monoisotopic (exact) mass is 426 g/mol. The number of nitrogens with zero attached hydrogens (tertiary/aromatic N) is 2. The van der Waals surface area contributed by atoms with E-state index in [1.807, 2.05) is 13.8 Å². The van der Waals surface area contributed by atoms with Gasteiger partial charge in [-0.15, -0.1) is 0 Å². The lowest BCUT2D eigenvalue weighted by molar-refractivity contribution is -0.384. The maximum atomic E-state index is 13.2. The molecule has 8 nitrogen and oxygen atoms in total. The Balaban J connectivity index is 2.11. The highest BCUT2D eigenvalue weighted by molar-refractivity contribution is 7.89. The first kappa shape index (κ1) is 23.3. The Labute approximate surface area is 172 Å². The van der Waals surface area contributed by atoms with Crippen molar-refractivity contribution in [3.8, 4) is 0 Å². The van der Waals surface area contributed by atoms with Crippen LogP contribution < -0.4 is 0 Å². The van der Waals surface area contributed by atoms with Crippen LogP contribution in [0, 0.1) is 27.9 Å². The van der Waals surface area contributed by atoms with Crippen LogP contribution in [0.3, 0.4) is 0 Å². The topological polar surface area (TPSA) is 107 Å². The van der Waals surface area contributed by atoms with Crippen molar-refractivity contribution in [2.45, 2.75) is 51.3 Å². The van der Waals surface area contributed by atoms with Crippen LogP contribution in [0.2, 0.25) is 0 Å². The van der Waals surface area contributed by atoms with Crippen LogP contribution in [0.15, 0.2) is 29.2 Å². The van der Waals surface area contributed by atoms with E-state index in [-0.39, 0.29) is 34.3 Å². The lowest BCUT2D eigenvalue weighted by Crippen LogP contribution is -2.39. The second-order valence-corrected chi connectivity index (χ2v) is 9.87. The van der Waals surface area contributed by atoms with E-state index >= 15 is 0 Å². The SMILES string of the molecule is CCOC(=O)C1CCC(CN(CC(C)C)S(=O)(=O)c2ccc([N+](=O)[O-])cc2)CC1. The predicted molar refractivity (Wildman–Crippen MR) is 109 cm³/mol. The van der Waals surface area contributed by atoms with Crippen molar-refractivity contribution in [3.63, 3.8) is 0 Å². The van der Waals surface area contributed by atoms with Gasteiger partial charge in [0.2, 0.25) is 10.0 Å². The van der Waals surface area contributed by atoms with E-state index in [1.165, 1.54) is 28.6 Å². The van der Waals surface area contributed by atoms with Gasteiger partial charge < -0.3 is 4.74 Å². The van der Waals surface area contributed by atoms with Crippen molar-refractivity contribution in [3.05, 3.63) is 34.4 Å². The van der Waals surface area contributed by atoms with E-state index in [9.17, 15) is 23.3 Å².